The summed E-state index contributed by atoms with van der Waals surface area (Å²) in [6.45, 7) is 13.5. The molecule has 3 rings (SSSR count). The highest BCUT2D eigenvalue weighted by atomic mass is 16.5. The molecule has 0 fully saturated rings. The summed E-state index contributed by atoms with van der Waals surface area (Å²) in [7, 11) is 0. The lowest BCUT2D eigenvalue weighted by Gasteiger charge is -2.34. The third-order valence-corrected chi connectivity index (χ3v) is 5.38. The fraction of sp³-hybridized carbons (Fsp3) is 0.565. The van der Waals surface area contributed by atoms with Crippen LogP contribution in [0.1, 0.15) is 59.0 Å². The Balaban J connectivity index is 2.02. The van der Waals surface area contributed by atoms with E-state index in [9.17, 15) is 9.90 Å². The Bertz CT molecular complexity index is 1100. The molecule has 1 aromatic carbocycles. The average molecular weight is 443 g/mol. The Hall–Kier alpha value is -2.78. The zero-order valence-corrected chi connectivity index (χ0v) is 19.8. The van der Waals surface area contributed by atoms with Crippen LogP contribution < -0.4 is 10.3 Å². The lowest BCUT2D eigenvalue weighted by Crippen LogP contribution is -2.39. The SMILES string of the molecule is CCOc1ccc2[nH]c(=O)c(CN(CCO)C(c3nnnn3C(C)(C)C)C(C)C)cc2c1. The molecule has 0 amide bonds. The number of aliphatic hydroxyl groups excluding tert-OH is 1. The van der Waals surface area contributed by atoms with E-state index in [4.69, 9.17) is 4.74 Å². The first-order valence-electron chi connectivity index (χ1n) is 11.1. The molecule has 0 spiro atoms. The molecular formula is C23H34N6O3. The van der Waals surface area contributed by atoms with Crippen LogP contribution in [0.15, 0.2) is 29.1 Å². The summed E-state index contributed by atoms with van der Waals surface area (Å²) in [5.41, 5.74) is 0.919. The maximum absolute atomic E-state index is 12.9. The maximum atomic E-state index is 12.9. The van der Waals surface area contributed by atoms with Crippen molar-refractivity contribution in [3.63, 3.8) is 0 Å². The molecule has 0 saturated heterocycles. The average Bonchev–Trinajstić information content (AvgIpc) is 3.19. The van der Waals surface area contributed by atoms with E-state index < -0.39 is 0 Å². The Morgan fingerprint density at radius 2 is 2.00 bits per heavy atom. The first-order valence-corrected chi connectivity index (χ1v) is 11.1. The molecule has 2 heterocycles. The van der Waals surface area contributed by atoms with E-state index in [0.29, 0.717) is 25.3 Å². The molecule has 9 heteroatoms. The van der Waals surface area contributed by atoms with Crippen molar-refractivity contribution >= 4 is 10.9 Å². The minimum absolute atomic E-state index is 0.0414. The summed E-state index contributed by atoms with van der Waals surface area (Å²) in [5, 5.41) is 23.2. The van der Waals surface area contributed by atoms with Crippen LogP contribution in [0.2, 0.25) is 0 Å². The summed E-state index contributed by atoms with van der Waals surface area (Å²) in [4.78, 5) is 17.9. The Kier molecular flexibility index (Phi) is 7.30. The lowest BCUT2D eigenvalue weighted by atomic mass is 9.99. The predicted molar refractivity (Wildman–Crippen MR) is 124 cm³/mol. The fourth-order valence-electron chi connectivity index (χ4n) is 4.01. The number of tetrazole rings is 1. The van der Waals surface area contributed by atoms with Gasteiger partial charge in [0.05, 0.1) is 24.8 Å². The second kappa shape index (κ2) is 9.79. The van der Waals surface area contributed by atoms with Crippen molar-refractivity contribution < 1.29 is 9.84 Å². The highest BCUT2D eigenvalue weighted by Crippen LogP contribution is 2.30. The Labute approximate surface area is 188 Å². The number of hydrogen-bond donors (Lipinski definition) is 2. The van der Waals surface area contributed by atoms with E-state index in [1.807, 2.05) is 56.6 Å². The molecule has 0 aliphatic rings. The number of aromatic amines is 1. The molecule has 174 valence electrons. The largest absolute Gasteiger partial charge is 0.494 e. The lowest BCUT2D eigenvalue weighted by molar-refractivity contribution is 0.101. The summed E-state index contributed by atoms with van der Waals surface area (Å²) < 4.78 is 7.43. The second-order valence-electron chi connectivity index (χ2n) is 9.31. The van der Waals surface area contributed by atoms with Gasteiger partial charge in [0.15, 0.2) is 5.82 Å². The normalized spacial score (nSPS) is 13.3. The number of ether oxygens (including phenoxy) is 1. The summed E-state index contributed by atoms with van der Waals surface area (Å²) in [5.74, 6) is 1.63. The summed E-state index contributed by atoms with van der Waals surface area (Å²) in [6.07, 6.45) is 0. The quantitative estimate of drug-likeness (QED) is 0.524. The number of rotatable bonds is 9. The van der Waals surface area contributed by atoms with Crippen molar-refractivity contribution in [1.29, 1.82) is 0 Å². The number of aliphatic hydroxyl groups is 1. The predicted octanol–water partition coefficient (Wildman–Crippen LogP) is 2.86. The molecule has 9 nitrogen and oxygen atoms in total. The van der Waals surface area contributed by atoms with Gasteiger partial charge in [0.2, 0.25) is 0 Å². The molecule has 32 heavy (non-hydrogen) atoms. The highest BCUT2D eigenvalue weighted by molar-refractivity contribution is 5.80. The minimum Gasteiger partial charge on any atom is -0.494 e. The number of nitrogens with zero attached hydrogens (tertiary/aromatic N) is 5. The molecule has 0 bridgehead atoms. The maximum Gasteiger partial charge on any atom is 0.252 e. The first-order chi connectivity index (χ1) is 15.2. The van der Waals surface area contributed by atoms with Gasteiger partial charge in [0, 0.05) is 29.6 Å². The van der Waals surface area contributed by atoms with Crippen LogP contribution in [0.5, 0.6) is 5.75 Å². The van der Waals surface area contributed by atoms with Crippen LogP contribution in [-0.4, -0.2) is 55.0 Å². The molecule has 0 radical (unpaired) electrons. The molecule has 0 aliphatic carbocycles. The van der Waals surface area contributed by atoms with Crippen LogP contribution >= 0.6 is 0 Å². The zero-order valence-electron chi connectivity index (χ0n) is 19.8. The Morgan fingerprint density at radius 3 is 2.62 bits per heavy atom. The van der Waals surface area contributed by atoms with Crippen molar-refractivity contribution in [2.24, 2.45) is 5.92 Å². The molecule has 2 aromatic heterocycles. The number of H-pyrrole nitrogens is 1. The molecule has 3 aromatic rings. The van der Waals surface area contributed by atoms with E-state index in [2.05, 4.69) is 39.3 Å². The topological polar surface area (TPSA) is 109 Å². The van der Waals surface area contributed by atoms with E-state index >= 15 is 0 Å². The van der Waals surface area contributed by atoms with Gasteiger partial charge < -0.3 is 14.8 Å². The van der Waals surface area contributed by atoms with Gasteiger partial charge in [-0.1, -0.05) is 13.8 Å². The molecule has 1 unspecified atom stereocenters. The van der Waals surface area contributed by atoms with Crippen molar-refractivity contribution in [1.82, 2.24) is 30.1 Å². The van der Waals surface area contributed by atoms with Crippen molar-refractivity contribution in [2.75, 3.05) is 19.8 Å². The minimum atomic E-state index is -0.299. The van der Waals surface area contributed by atoms with Crippen LogP contribution in [0, 0.1) is 5.92 Å². The van der Waals surface area contributed by atoms with Crippen LogP contribution in [0.25, 0.3) is 10.9 Å². The van der Waals surface area contributed by atoms with Crippen molar-refractivity contribution in [2.45, 2.75) is 59.7 Å². The summed E-state index contributed by atoms with van der Waals surface area (Å²) in [6, 6.07) is 7.34. The van der Waals surface area contributed by atoms with Gasteiger partial charge in [-0.15, -0.1) is 5.10 Å². The monoisotopic (exact) mass is 442 g/mol. The molecule has 0 aliphatic heterocycles. The highest BCUT2D eigenvalue weighted by Gasteiger charge is 2.32. The van der Waals surface area contributed by atoms with Gasteiger partial charge in [0.25, 0.3) is 5.56 Å². The number of pyridine rings is 1. The van der Waals surface area contributed by atoms with E-state index in [0.717, 1.165) is 22.5 Å². The van der Waals surface area contributed by atoms with Crippen molar-refractivity contribution in [3.8, 4) is 5.75 Å². The van der Waals surface area contributed by atoms with E-state index in [-0.39, 0.29) is 29.7 Å². The molecule has 2 N–H and O–H groups in total. The molecular weight excluding hydrogens is 408 g/mol. The van der Waals surface area contributed by atoms with Crippen LogP contribution in [0.4, 0.5) is 0 Å². The second-order valence-corrected chi connectivity index (χ2v) is 9.31. The van der Waals surface area contributed by atoms with Gasteiger partial charge in [-0.2, -0.15) is 0 Å². The first kappa shape index (κ1) is 23.9. The standard InChI is InChI=1S/C23H34N6O3/c1-7-32-18-8-9-19-16(13-18)12-17(22(31)24-19)14-28(10-11-30)20(15(2)3)21-25-26-27-29(21)23(4,5)6/h8-9,12-13,15,20,30H,7,10-11,14H2,1-6H3,(H,24,31). The zero-order chi connectivity index (χ0) is 23.5. The number of hydrogen-bond acceptors (Lipinski definition) is 7. The molecule has 0 saturated carbocycles. The van der Waals surface area contributed by atoms with E-state index in [1.165, 1.54) is 0 Å². The van der Waals surface area contributed by atoms with Crippen molar-refractivity contribution in [3.05, 3.63) is 46.0 Å². The van der Waals surface area contributed by atoms with Gasteiger partial charge >= 0.3 is 0 Å². The number of benzene rings is 1. The fourth-order valence-corrected chi connectivity index (χ4v) is 4.01. The van der Waals surface area contributed by atoms with E-state index in [1.54, 1.807) is 0 Å². The molecule has 1 atom stereocenters. The van der Waals surface area contributed by atoms with Crippen LogP contribution in [-0.2, 0) is 12.1 Å². The Morgan fingerprint density at radius 1 is 1.25 bits per heavy atom. The summed E-state index contributed by atoms with van der Waals surface area (Å²) >= 11 is 0. The third-order valence-electron chi connectivity index (χ3n) is 5.38. The smallest absolute Gasteiger partial charge is 0.252 e. The number of aromatic nitrogens is 5. The van der Waals surface area contributed by atoms with Gasteiger partial charge in [0.1, 0.15) is 5.75 Å². The van der Waals surface area contributed by atoms with Gasteiger partial charge in [-0.3, -0.25) is 9.69 Å². The van der Waals surface area contributed by atoms with Gasteiger partial charge in [-0.05, 0) is 68.3 Å². The third kappa shape index (κ3) is 5.16. The van der Waals surface area contributed by atoms with Gasteiger partial charge in [-0.25, -0.2) is 4.68 Å². The number of nitrogens with one attached hydrogen (secondary N) is 1. The number of fused-ring (bicyclic) bond motifs is 1. The van der Waals surface area contributed by atoms with Crippen LogP contribution in [0.3, 0.4) is 0 Å².